The molecule has 21 heavy (non-hydrogen) atoms. The summed E-state index contributed by atoms with van der Waals surface area (Å²) in [5.41, 5.74) is 1.97. The molecule has 0 unspecified atom stereocenters. The molecule has 1 spiro atoms. The smallest absolute Gasteiger partial charge is 0.276 e. The highest BCUT2D eigenvalue weighted by atomic mass is 16.2. The monoisotopic (exact) mass is 284 g/mol. The van der Waals surface area contributed by atoms with Crippen LogP contribution in [0.2, 0.25) is 0 Å². The molecule has 1 aromatic rings. The second-order valence-electron chi connectivity index (χ2n) is 6.10. The van der Waals surface area contributed by atoms with E-state index in [1.807, 2.05) is 12.1 Å². The number of amides is 4. The number of benzene rings is 1. The van der Waals surface area contributed by atoms with Crippen molar-refractivity contribution >= 4 is 23.5 Å². The average Bonchev–Trinajstić information content (AvgIpc) is 3.28. The molecule has 1 aromatic carbocycles. The number of anilines is 1. The fourth-order valence-corrected chi connectivity index (χ4v) is 3.43. The summed E-state index contributed by atoms with van der Waals surface area (Å²) in [7, 11) is 0. The molecular formula is C16H16N2O3. The van der Waals surface area contributed by atoms with Crippen LogP contribution in [0.15, 0.2) is 18.2 Å². The van der Waals surface area contributed by atoms with Gasteiger partial charge in [0.1, 0.15) is 5.41 Å². The quantitative estimate of drug-likeness (QED) is 0.801. The number of nitrogens with zero attached hydrogens (tertiary/aromatic N) is 1. The maximum Gasteiger partial charge on any atom is 0.335 e. The molecule has 3 aliphatic rings. The molecule has 108 valence electrons. The van der Waals surface area contributed by atoms with Gasteiger partial charge in [0.2, 0.25) is 5.91 Å². The Morgan fingerprint density at radius 1 is 1.05 bits per heavy atom. The number of rotatable bonds is 1. The van der Waals surface area contributed by atoms with Gasteiger partial charge in [-0.15, -0.1) is 0 Å². The predicted molar refractivity (Wildman–Crippen MR) is 75.8 cm³/mol. The molecule has 0 radical (unpaired) electrons. The number of imide groups is 2. The third kappa shape index (κ3) is 1.66. The SMILES string of the molecule is O=C1NC(=O)C2(CC2)C(=O)N1c1cccc2c1CCCC2. The third-order valence-electron chi connectivity index (χ3n) is 4.83. The fourth-order valence-electron chi connectivity index (χ4n) is 3.43. The van der Waals surface area contributed by atoms with E-state index in [0.29, 0.717) is 18.5 Å². The van der Waals surface area contributed by atoms with Crippen LogP contribution in [0.5, 0.6) is 0 Å². The molecule has 0 bridgehead atoms. The van der Waals surface area contributed by atoms with Crippen LogP contribution in [0.1, 0.15) is 36.8 Å². The van der Waals surface area contributed by atoms with Crippen LogP contribution >= 0.6 is 0 Å². The van der Waals surface area contributed by atoms with Crippen molar-refractivity contribution in [2.24, 2.45) is 5.41 Å². The summed E-state index contributed by atoms with van der Waals surface area (Å²) in [5, 5.41) is 2.35. The van der Waals surface area contributed by atoms with E-state index in [-0.39, 0.29) is 5.91 Å². The van der Waals surface area contributed by atoms with Gasteiger partial charge in [0.15, 0.2) is 0 Å². The van der Waals surface area contributed by atoms with Gasteiger partial charge in [0.25, 0.3) is 5.91 Å². The maximum absolute atomic E-state index is 12.7. The lowest BCUT2D eigenvalue weighted by Crippen LogP contribution is -2.59. The molecule has 2 aliphatic carbocycles. The molecule has 1 saturated heterocycles. The average molecular weight is 284 g/mol. The third-order valence-corrected chi connectivity index (χ3v) is 4.83. The number of nitrogens with one attached hydrogen (secondary N) is 1. The van der Waals surface area contributed by atoms with Gasteiger partial charge in [-0.05, 0) is 55.7 Å². The maximum atomic E-state index is 12.7. The van der Waals surface area contributed by atoms with Gasteiger partial charge < -0.3 is 0 Å². The first-order chi connectivity index (χ1) is 10.1. The fraction of sp³-hybridized carbons (Fsp3) is 0.438. The number of fused-ring (bicyclic) bond motifs is 1. The van der Waals surface area contributed by atoms with Crippen molar-refractivity contribution in [3.63, 3.8) is 0 Å². The van der Waals surface area contributed by atoms with Crippen molar-refractivity contribution in [3.05, 3.63) is 29.3 Å². The van der Waals surface area contributed by atoms with Crippen LogP contribution in [0.3, 0.4) is 0 Å². The molecule has 1 N–H and O–H groups in total. The minimum atomic E-state index is -0.981. The normalized spacial score (nSPS) is 23.0. The van der Waals surface area contributed by atoms with Gasteiger partial charge in [-0.25, -0.2) is 9.69 Å². The zero-order valence-corrected chi connectivity index (χ0v) is 11.6. The minimum absolute atomic E-state index is 0.352. The van der Waals surface area contributed by atoms with Crippen molar-refractivity contribution < 1.29 is 14.4 Å². The standard InChI is InChI=1S/C16H16N2O3/c19-13-16(8-9-16)14(20)18(15(21)17-13)12-7-3-5-10-4-1-2-6-11(10)12/h3,5,7H,1-2,4,6,8-9H2,(H,17,19,21). The number of carbonyl (C=O) groups excluding carboxylic acids is 3. The number of barbiturate groups is 1. The van der Waals surface area contributed by atoms with Gasteiger partial charge in [-0.3, -0.25) is 14.9 Å². The van der Waals surface area contributed by atoms with Gasteiger partial charge in [0.05, 0.1) is 5.69 Å². The highest BCUT2D eigenvalue weighted by molar-refractivity contribution is 6.31. The molecule has 5 nitrogen and oxygen atoms in total. The number of hydrogen-bond acceptors (Lipinski definition) is 3. The summed E-state index contributed by atoms with van der Waals surface area (Å²) < 4.78 is 0. The van der Waals surface area contributed by atoms with E-state index in [2.05, 4.69) is 11.4 Å². The van der Waals surface area contributed by atoms with E-state index in [9.17, 15) is 14.4 Å². The van der Waals surface area contributed by atoms with E-state index in [1.54, 1.807) is 0 Å². The Morgan fingerprint density at radius 3 is 2.57 bits per heavy atom. The van der Waals surface area contributed by atoms with Crippen LogP contribution in [0.4, 0.5) is 10.5 Å². The lowest BCUT2D eigenvalue weighted by Gasteiger charge is -2.32. The Balaban J connectivity index is 1.81. The van der Waals surface area contributed by atoms with Gasteiger partial charge in [-0.2, -0.15) is 0 Å². The van der Waals surface area contributed by atoms with Gasteiger partial charge >= 0.3 is 6.03 Å². The second kappa shape index (κ2) is 4.16. The van der Waals surface area contributed by atoms with E-state index >= 15 is 0 Å². The molecule has 2 fully saturated rings. The number of carbonyl (C=O) groups is 3. The predicted octanol–water partition coefficient (Wildman–Crippen LogP) is 1.93. The lowest BCUT2D eigenvalue weighted by atomic mass is 9.89. The highest BCUT2D eigenvalue weighted by Gasteiger charge is 2.62. The van der Waals surface area contributed by atoms with Crippen molar-refractivity contribution in [1.82, 2.24) is 5.32 Å². The van der Waals surface area contributed by atoms with E-state index in [4.69, 9.17) is 0 Å². The summed E-state index contributed by atoms with van der Waals surface area (Å²) in [5.74, 6) is -0.784. The Kier molecular flexibility index (Phi) is 2.49. The van der Waals surface area contributed by atoms with Crippen LogP contribution in [-0.4, -0.2) is 17.8 Å². The first-order valence-electron chi connectivity index (χ1n) is 7.44. The molecule has 1 aliphatic heterocycles. The topological polar surface area (TPSA) is 66.5 Å². The van der Waals surface area contributed by atoms with E-state index in [1.165, 1.54) is 10.5 Å². The van der Waals surface area contributed by atoms with Crippen molar-refractivity contribution in [1.29, 1.82) is 0 Å². The summed E-state index contributed by atoms with van der Waals surface area (Å²) >= 11 is 0. The molecule has 4 rings (SSSR count). The number of urea groups is 1. The summed E-state index contributed by atoms with van der Waals surface area (Å²) in [6.07, 6.45) is 5.14. The van der Waals surface area contributed by atoms with Crippen LogP contribution < -0.4 is 10.2 Å². The van der Waals surface area contributed by atoms with Gasteiger partial charge in [0, 0.05) is 0 Å². The molecule has 5 heteroatoms. The lowest BCUT2D eigenvalue weighted by molar-refractivity contribution is -0.136. The summed E-state index contributed by atoms with van der Waals surface area (Å²) in [6, 6.07) is 5.15. The zero-order chi connectivity index (χ0) is 14.6. The Labute approximate surface area is 122 Å². The molecular weight excluding hydrogens is 268 g/mol. The first kappa shape index (κ1) is 12.6. The number of hydrogen-bond donors (Lipinski definition) is 1. The highest BCUT2D eigenvalue weighted by Crippen LogP contribution is 2.50. The molecule has 0 aromatic heterocycles. The first-order valence-corrected chi connectivity index (χ1v) is 7.44. The second-order valence-corrected chi connectivity index (χ2v) is 6.10. The Morgan fingerprint density at radius 2 is 1.81 bits per heavy atom. The van der Waals surface area contributed by atoms with E-state index < -0.39 is 17.4 Å². The van der Waals surface area contributed by atoms with Crippen molar-refractivity contribution in [3.8, 4) is 0 Å². The molecule has 1 heterocycles. The molecule has 0 atom stereocenters. The molecule has 1 saturated carbocycles. The minimum Gasteiger partial charge on any atom is -0.276 e. The van der Waals surface area contributed by atoms with Crippen LogP contribution in [0.25, 0.3) is 0 Å². The Bertz CT molecular complexity index is 676. The van der Waals surface area contributed by atoms with E-state index in [0.717, 1.165) is 31.2 Å². The van der Waals surface area contributed by atoms with Gasteiger partial charge in [-0.1, -0.05) is 12.1 Å². The van der Waals surface area contributed by atoms with Crippen molar-refractivity contribution in [2.45, 2.75) is 38.5 Å². The zero-order valence-electron chi connectivity index (χ0n) is 11.6. The largest absolute Gasteiger partial charge is 0.335 e. The van der Waals surface area contributed by atoms with Crippen LogP contribution in [-0.2, 0) is 22.4 Å². The summed E-state index contributed by atoms with van der Waals surface area (Å²) in [4.78, 5) is 37.9. The Hall–Kier alpha value is -2.17. The molecule has 4 amide bonds. The van der Waals surface area contributed by atoms with Crippen LogP contribution in [0, 0.1) is 5.41 Å². The van der Waals surface area contributed by atoms with Crippen molar-refractivity contribution in [2.75, 3.05) is 4.90 Å². The number of aryl methyl sites for hydroxylation is 1. The summed E-state index contributed by atoms with van der Waals surface area (Å²) in [6.45, 7) is 0.